The van der Waals surface area contributed by atoms with E-state index in [1.54, 1.807) is 14.2 Å². The number of methoxy groups -OCH3 is 2. The molecule has 0 bridgehead atoms. The molecule has 0 aliphatic heterocycles. The monoisotopic (exact) mass is 343 g/mol. The Kier molecular flexibility index (Phi) is 6.83. The molecule has 2 aromatic carbocycles. The standard InChI is InChI=1S/C20H25NO4/c1-4-10-21(14-20(22)23)13-16-11-18(24-2)19(25-3)12-17(16)15-8-6-5-7-9-15/h5-9,11-12H,4,10,13-14H2,1-3H3,(H,22,23). The summed E-state index contributed by atoms with van der Waals surface area (Å²) in [5, 5.41) is 9.17. The van der Waals surface area contributed by atoms with Gasteiger partial charge in [0.2, 0.25) is 0 Å². The molecule has 25 heavy (non-hydrogen) atoms. The quantitative estimate of drug-likeness (QED) is 0.753. The van der Waals surface area contributed by atoms with Gasteiger partial charge in [-0.3, -0.25) is 9.69 Å². The first-order valence-corrected chi connectivity index (χ1v) is 8.33. The van der Waals surface area contributed by atoms with E-state index in [-0.39, 0.29) is 6.54 Å². The molecule has 0 aromatic heterocycles. The number of nitrogens with zero attached hydrogens (tertiary/aromatic N) is 1. The fraction of sp³-hybridized carbons (Fsp3) is 0.350. The van der Waals surface area contributed by atoms with Crippen molar-refractivity contribution in [3.05, 3.63) is 48.0 Å². The summed E-state index contributed by atoms with van der Waals surface area (Å²) in [7, 11) is 3.21. The zero-order chi connectivity index (χ0) is 18.2. The molecule has 0 aliphatic rings. The molecule has 0 atom stereocenters. The lowest BCUT2D eigenvalue weighted by atomic mass is 9.98. The van der Waals surface area contributed by atoms with Crippen molar-refractivity contribution in [1.82, 2.24) is 4.90 Å². The lowest BCUT2D eigenvalue weighted by molar-refractivity contribution is -0.138. The van der Waals surface area contributed by atoms with E-state index < -0.39 is 5.97 Å². The van der Waals surface area contributed by atoms with Gasteiger partial charge in [-0.1, -0.05) is 37.3 Å². The van der Waals surface area contributed by atoms with Crippen LogP contribution in [0.25, 0.3) is 11.1 Å². The molecule has 0 saturated carbocycles. The van der Waals surface area contributed by atoms with Crippen LogP contribution in [0.3, 0.4) is 0 Å². The van der Waals surface area contributed by atoms with Gasteiger partial charge in [-0.2, -0.15) is 0 Å². The van der Waals surface area contributed by atoms with Gasteiger partial charge in [0.1, 0.15) is 0 Å². The lowest BCUT2D eigenvalue weighted by Crippen LogP contribution is -2.30. The van der Waals surface area contributed by atoms with Gasteiger partial charge in [0.05, 0.1) is 20.8 Å². The number of carboxylic acids is 1. The van der Waals surface area contributed by atoms with Gasteiger partial charge < -0.3 is 14.6 Å². The number of rotatable bonds is 9. The molecule has 1 N–H and O–H groups in total. The van der Waals surface area contributed by atoms with E-state index in [1.165, 1.54) is 0 Å². The molecule has 134 valence electrons. The van der Waals surface area contributed by atoms with Crippen LogP contribution in [0.15, 0.2) is 42.5 Å². The Bertz CT molecular complexity index is 700. The van der Waals surface area contributed by atoms with E-state index in [9.17, 15) is 9.90 Å². The fourth-order valence-electron chi connectivity index (χ4n) is 2.90. The van der Waals surface area contributed by atoms with E-state index in [1.807, 2.05) is 54.3 Å². The topological polar surface area (TPSA) is 59.0 Å². The van der Waals surface area contributed by atoms with Crippen LogP contribution in [0.2, 0.25) is 0 Å². The molecule has 0 radical (unpaired) electrons. The zero-order valence-corrected chi connectivity index (χ0v) is 15.0. The maximum absolute atomic E-state index is 11.2. The smallest absolute Gasteiger partial charge is 0.317 e. The lowest BCUT2D eigenvalue weighted by Gasteiger charge is -2.22. The summed E-state index contributed by atoms with van der Waals surface area (Å²) < 4.78 is 10.9. The first kappa shape index (κ1) is 18.8. The highest BCUT2D eigenvalue weighted by Gasteiger charge is 2.16. The molecule has 0 aliphatic carbocycles. The maximum atomic E-state index is 11.2. The van der Waals surface area contributed by atoms with E-state index in [0.717, 1.165) is 29.7 Å². The molecule has 5 heteroatoms. The fourth-order valence-corrected chi connectivity index (χ4v) is 2.90. The summed E-state index contributed by atoms with van der Waals surface area (Å²) in [6.45, 7) is 3.30. The number of ether oxygens (including phenoxy) is 2. The normalized spacial score (nSPS) is 10.7. The molecular weight excluding hydrogens is 318 g/mol. The second kappa shape index (κ2) is 9.08. The van der Waals surface area contributed by atoms with E-state index in [2.05, 4.69) is 0 Å². The first-order chi connectivity index (χ1) is 12.1. The van der Waals surface area contributed by atoms with Crippen molar-refractivity contribution in [2.75, 3.05) is 27.3 Å². The molecule has 0 unspecified atom stereocenters. The number of hydrogen-bond acceptors (Lipinski definition) is 4. The highest BCUT2D eigenvalue weighted by atomic mass is 16.5. The van der Waals surface area contributed by atoms with Crippen LogP contribution in [-0.4, -0.2) is 43.3 Å². The van der Waals surface area contributed by atoms with Crippen LogP contribution in [0.5, 0.6) is 11.5 Å². The molecule has 0 spiro atoms. The molecular formula is C20H25NO4. The Labute approximate surface area is 148 Å². The Morgan fingerprint density at radius 2 is 1.72 bits per heavy atom. The minimum absolute atomic E-state index is 0.0103. The Hall–Kier alpha value is -2.53. The first-order valence-electron chi connectivity index (χ1n) is 8.33. The van der Waals surface area contributed by atoms with Crippen molar-refractivity contribution in [2.45, 2.75) is 19.9 Å². The van der Waals surface area contributed by atoms with Gasteiger partial charge in [-0.05, 0) is 41.8 Å². The number of hydrogen-bond donors (Lipinski definition) is 1. The van der Waals surface area contributed by atoms with Crippen molar-refractivity contribution in [3.63, 3.8) is 0 Å². The summed E-state index contributed by atoms with van der Waals surface area (Å²) in [5.74, 6) is 0.476. The van der Waals surface area contributed by atoms with Crippen molar-refractivity contribution < 1.29 is 19.4 Å². The van der Waals surface area contributed by atoms with Gasteiger partial charge in [-0.15, -0.1) is 0 Å². The van der Waals surface area contributed by atoms with Crippen LogP contribution in [0.1, 0.15) is 18.9 Å². The van der Waals surface area contributed by atoms with Crippen LogP contribution >= 0.6 is 0 Å². The van der Waals surface area contributed by atoms with Gasteiger partial charge in [0.15, 0.2) is 11.5 Å². The minimum Gasteiger partial charge on any atom is -0.493 e. The van der Waals surface area contributed by atoms with Gasteiger partial charge in [-0.25, -0.2) is 0 Å². The van der Waals surface area contributed by atoms with Crippen molar-refractivity contribution in [3.8, 4) is 22.6 Å². The van der Waals surface area contributed by atoms with E-state index in [0.29, 0.717) is 18.0 Å². The molecule has 2 aromatic rings. The van der Waals surface area contributed by atoms with Gasteiger partial charge >= 0.3 is 5.97 Å². The van der Waals surface area contributed by atoms with Crippen LogP contribution in [0.4, 0.5) is 0 Å². The zero-order valence-electron chi connectivity index (χ0n) is 15.0. The number of carbonyl (C=O) groups is 1. The third kappa shape index (κ3) is 4.97. The number of aliphatic carboxylic acids is 1. The number of benzene rings is 2. The van der Waals surface area contributed by atoms with Crippen LogP contribution in [0, 0.1) is 0 Å². The second-order valence-corrected chi connectivity index (χ2v) is 5.83. The van der Waals surface area contributed by atoms with Gasteiger partial charge in [0.25, 0.3) is 0 Å². The minimum atomic E-state index is -0.824. The highest BCUT2D eigenvalue weighted by molar-refractivity contribution is 5.72. The van der Waals surface area contributed by atoms with Crippen LogP contribution < -0.4 is 9.47 Å². The molecule has 0 amide bonds. The average Bonchev–Trinajstić information content (AvgIpc) is 2.61. The SMILES string of the molecule is CCCN(CC(=O)O)Cc1cc(OC)c(OC)cc1-c1ccccc1. The Morgan fingerprint density at radius 3 is 2.28 bits per heavy atom. The third-order valence-electron chi connectivity index (χ3n) is 3.99. The second-order valence-electron chi connectivity index (χ2n) is 5.83. The average molecular weight is 343 g/mol. The van der Waals surface area contributed by atoms with E-state index >= 15 is 0 Å². The van der Waals surface area contributed by atoms with Crippen molar-refractivity contribution in [2.24, 2.45) is 0 Å². The number of carboxylic acid groups (broad SMARTS) is 1. The van der Waals surface area contributed by atoms with Crippen LogP contribution in [-0.2, 0) is 11.3 Å². The molecule has 2 rings (SSSR count). The summed E-state index contributed by atoms with van der Waals surface area (Å²) >= 11 is 0. The highest BCUT2D eigenvalue weighted by Crippen LogP contribution is 2.36. The van der Waals surface area contributed by atoms with Gasteiger partial charge in [0, 0.05) is 6.54 Å². The predicted octanol–water partition coefficient (Wildman–Crippen LogP) is 3.67. The molecule has 0 fully saturated rings. The Balaban J connectivity index is 2.47. The van der Waals surface area contributed by atoms with E-state index in [4.69, 9.17) is 9.47 Å². The third-order valence-corrected chi connectivity index (χ3v) is 3.99. The van der Waals surface area contributed by atoms with Crippen molar-refractivity contribution in [1.29, 1.82) is 0 Å². The molecule has 0 heterocycles. The molecule has 5 nitrogen and oxygen atoms in total. The Morgan fingerprint density at radius 1 is 1.08 bits per heavy atom. The van der Waals surface area contributed by atoms with Crippen molar-refractivity contribution >= 4 is 5.97 Å². The summed E-state index contributed by atoms with van der Waals surface area (Å²) in [6, 6.07) is 13.9. The largest absolute Gasteiger partial charge is 0.493 e. The molecule has 0 saturated heterocycles. The summed E-state index contributed by atoms with van der Waals surface area (Å²) in [5.41, 5.74) is 3.09. The predicted molar refractivity (Wildman–Crippen MR) is 98.2 cm³/mol. The maximum Gasteiger partial charge on any atom is 0.317 e. The summed E-state index contributed by atoms with van der Waals surface area (Å²) in [6.07, 6.45) is 0.890. The summed E-state index contributed by atoms with van der Waals surface area (Å²) in [4.78, 5) is 13.1.